The quantitative estimate of drug-likeness (QED) is 0.887. The SMILES string of the molecule is CCCC(C)(NC(=O)c1cc2cc(C)c(C)cc2o1)C(=O)O. The van der Waals surface area contributed by atoms with Gasteiger partial charge in [0.1, 0.15) is 11.1 Å². The zero-order valence-corrected chi connectivity index (χ0v) is 13.3. The van der Waals surface area contributed by atoms with E-state index in [2.05, 4.69) is 5.32 Å². The maximum absolute atomic E-state index is 12.3. The minimum atomic E-state index is -1.29. The Hall–Kier alpha value is -2.30. The third kappa shape index (κ3) is 2.98. The number of carboxylic acid groups (broad SMARTS) is 1. The molecular formula is C17H21NO4. The average molecular weight is 303 g/mol. The number of aryl methyl sites for hydroxylation is 2. The van der Waals surface area contributed by atoms with Gasteiger partial charge >= 0.3 is 5.97 Å². The summed E-state index contributed by atoms with van der Waals surface area (Å²) in [6.45, 7) is 7.35. The first kappa shape index (κ1) is 16.1. The summed E-state index contributed by atoms with van der Waals surface area (Å²) < 4.78 is 5.56. The number of hydrogen-bond donors (Lipinski definition) is 2. The van der Waals surface area contributed by atoms with E-state index in [0.717, 1.165) is 16.5 Å². The minimum absolute atomic E-state index is 0.128. The maximum Gasteiger partial charge on any atom is 0.329 e. The van der Waals surface area contributed by atoms with E-state index < -0.39 is 17.4 Å². The third-order valence-electron chi connectivity index (χ3n) is 3.97. The van der Waals surface area contributed by atoms with Crippen molar-refractivity contribution in [2.75, 3.05) is 0 Å². The molecule has 0 bridgehead atoms. The van der Waals surface area contributed by atoms with E-state index in [1.54, 1.807) is 6.07 Å². The molecule has 1 heterocycles. The van der Waals surface area contributed by atoms with Gasteiger partial charge in [-0.05, 0) is 56.5 Å². The van der Waals surface area contributed by atoms with E-state index in [1.807, 2.05) is 32.9 Å². The summed E-state index contributed by atoms with van der Waals surface area (Å²) in [6.07, 6.45) is 1.01. The molecule has 5 nitrogen and oxygen atoms in total. The van der Waals surface area contributed by atoms with Gasteiger partial charge in [-0.2, -0.15) is 0 Å². The van der Waals surface area contributed by atoms with Crippen LogP contribution in [-0.2, 0) is 4.79 Å². The van der Waals surface area contributed by atoms with Crippen molar-refractivity contribution in [2.24, 2.45) is 0 Å². The Kier molecular flexibility index (Phi) is 4.26. The molecule has 1 atom stereocenters. The molecule has 0 fully saturated rings. The molecule has 0 radical (unpaired) electrons. The fraction of sp³-hybridized carbons (Fsp3) is 0.412. The molecule has 1 unspecified atom stereocenters. The number of rotatable bonds is 5. The zero-order chi connectivity index (χ0) is 16.5. The number of fused-ring (bicyclic) bond motifs is 1. The normalized spacial score (nSPS) is 13.8. The van der Waals surface area contributed by atoms with Gasteiger partial charge in [-0.15, -0.1) is 0 Å². The van der Waals surface area contributed by atoms with E-state index in [1.165, 1.54) is 6.92 Å². The van der Waals surface area contributed by atoms with Gasteiger partial charge in [0, 0.05) is 5.39 Å². The Bertz CT molecular complexity index is 693. The summed E-state index contributed by atoms with van der Waals surface area (Å²) in [4.78, 5) is 23.7. The van der Waals surface area contributed by atoms with Gasteiger partial charge in [0.2, 0.25) is 0 Å². The van der Waals surface area contributed by atoms with Gasteiger partial charge in [-0.1, -0.05) is 13.3 Å². The smallest absolute Gasteiger partial charge is 0.329 e. The molecule has 2 rings (SSSR count). The van der Waals surface area contributed by atoms with Crippen molar-refractivity contribution in [1.29, 1.82) is 0 Å². The van der Waals surface area contributed by atoms with Crippen molar-refractivity contribution >= 4 is 22.8 Å². The highest BCUT2D eigenvalue weighted by molar-refractivity contribution is 5.99. The topological polar surface area (TPSA) is 79.5 Å². The number of carboxylic acids is 1. The lowest BCUT2D eigenvalue weighted by Gasteiger charge is -2.25. The van der Waals surface area contributed by atoms with Crippen LogP contribution in [0.15, 0.2) is 22.6 Å². The van der Waals surface area contributed by atoms with Crippen LogP contribution in [0.2, 0.25) is 0 Å². The van der Waals surface area contributed by atoms with Crippen molar-refractivity contribution in [1.82, 2.24) is 5.32 Å². The van der Waals surface area contributed by atoms with Gasteiger partial charge in [-0.25, -0.2) is 4.79 Å². The van der Waals surface area contributed by atoms with E-state index in [9.17, 15) is 14.7 Å². The third-order valence-corrected chi connectivity index (χ3v) is 3.97. The summed E-state index contributed by atoms with van der Waals surface area (Å²) >= 11 is 0. The molecule has 0 aliphatic heterocycles. The largest absolute Gasteiger partial charge is 0.480 e. The fourth-order valence-corrected chi connectivity index (χ4v) is 2.45. The molecule has 2 aromatic rings. The first-order valence-electron chi connectivity index (χ1n) is 7.33. The monoisotopic (exact) mass is 303 g/mol. The molecule has 22 heavy (non-hydrogen) atoms. The van der Waals surface area contributed by atoms with Crippen molar-refractivity contribution in [3.05, 3.63) is 35.1 Å². The number of carbonyl (C=O) groups excluding carboxylic acids is 1. The van der Waals surface area contributed by atoms with Crippen LogP contribution in [0.3, 0.4) is 0 Å². The predicted molar refractivity (Wildman–Crippen MR) is 84.1 cm³/mol. The van der Waals surface area contributed by atoms with Gasteiger partial charge in [0.25, 0.3) is 5.91 Å². The molecule has 0 spiro atoms. The number of nitrogens with one attached hydrogen (secondary N) is 1. The standard InChI is InChI=1S/C17H21NO4/c1-5-6-17(4,16(20)21)18-15(19)14-9-12-7-10(2)11(3)8-13(12)22-14/h7-9H,5-6H2,1-4H3,(H,18,19)(H,20,21). The van der Waals surface area contributed by atoms with Crippen LogP contribution >= 0.6 is 0 Å². The Labute approximate surface area is 129 Å². The second-order valence-corrected chi connectivity index (χ2v) is 5.93. The van der Waals surface area contributed by atoms with Crippen molar-refractivity contribution < 1.29 is 19.1 Å². The Morgan fingerprint density at radius 1 is 1.23 bits per heavy atom. The first-order valence-corrected chi connectivity index (χ1v) is 7.33. The van der Waals surface area contributed by atoms with Crippen molar-refractivity contribution in [3.63, 3.8) is 0 Å². The highest BCUT2D eigenvalue weighted by Crippen LogP contribution is 2.24. The minimum Gasteiger partial charge on any atom is -0.480 e. The summed E-state index contributed by atoms with van der Waals surface area (Å²) in [5.41, 5.74) is 1.52. The highest BCUT2D eigenvalue weighted by atomic mass is 16.4. The van der Waals surface area contributed by atoms with Crippen LogP contribution in [0.4, 0.5) is 0 Å². The number of hydrogen-bond acceptors (Lipinski definition) is 3. The second kappa shape index (κ2) is 5.83. The Morgan fingerprint density at radius 2 is 1.86 bits per heavy atom. The molecule has 5 heteroatoms. The summed E-state index contributed by atoms with van der Waals surface area (Å²) in [7, 11) is 0. The summed E-state index contributed by atoms with van der Waals surface area (Å²) in [6, 6.07) is 5.47. The van der Waals surface area contributed by atoms with E-state index in [-0.39, 0.29) is 5.76 Å². The van der Waals surface area contributed by atoms with Crippen molar-refractivity contribution in [3.8, 4) is 0 Å². The molecule has 0 aliphatic rings. The van der Waals surface area contributed by atoms with Crippen LogP contribution < -0.4 is 5.32 Å². The van der Waals surface area contributed by atoms with E-state index in [4.69, 9.17) is 4.42 Å². The molecule has 1 aromatic carbocycles. The highest BCUT2D eigenvalue weighted by Gasteiger charge is 2.34. The van der Waals surface area contributed by atoms with E-state index >= 15 is 0 Å². The van der Waals surface area contributed by atoms with Crippen LogP contribution in [0.1, 0.15) is 48.4 Å². The van der Waals surface area contributed by atoms with Crippen LogP contribution in [0.25, 0.3) is 11.0 Å². The Morgan fingerprint density at radius 3 is 2.45 bits per heavy atom. The fourth-order valence-electron chi connectivity index (χ4n) is 2.45. The van der Waals surface area contributed by atoms with Gasteiger partial charge in [0.05, 0.1) is 0 Å². The number of benzene rings is 1. The van der Waals surface area contributed by atoms with Crippen LogP contribution in [-0.4, -0.2) is 22.5 Å². The summed E-state index contributed by atoms with van der Waals surface area (Å²) in [5.74, 6) is -1.43. The lowest BCUT2D eigenvalue weighted by atomic mass is 9.96. The molecule has 0 aliphatic carbocycles. The first-order chi connectivity index (χ1) is 10.3. The van der Waals surface area contributed by atoms with Crippen molar-refractivity contribution in [2.45, 2.75) is 46.1 Å². The molecular weight excluding hydrogens is 282 g/mol. The second-order valence-electron chi connectivity index (χ2n) is 5.93. The molecule has 118 valence electrons. The van der Waals surface area contributed by atoms with Gasteiger partial charge in [-0.3, -0.25) is 4.79 Å². The predicted octanol–water partition coefficient (Wildman–Crippen LogP) is 3.42. The van der Waals surface area contributed by atoms with Crippen LogP contribution in [0.5, 0.6) is 0 Å². The van der Waals surface area contributed by atoms with Crippen LogP contribution in [0, 0.1) is 13.8 Å². The Balaban J connectivity index is 2.31. The average Bonchev–Trinajstić information content (AvgIpc) is 2.82. The number of amides is 1. The molecule has 0 saturated carbocycles. The molecule has 0 saturated heterocycles. The molecule has 1 amide bonds. The summed E-state index contributed by atoms with van der Waals surface area (Å²) in [5, 5.41) is 12.7. The number of furan rings is 1. The van der Waals surface area contributed by atoms with Gasteiger partial charge < -0.3 is 14.8 Å². The number of carbonyl (C=O) groups is 2. The lowest BCUT2D eigenvalue weighted by molar-refractivity contribution is -0.144. The van der Waals surface area contributed by atoms with E-state index in [0.29, 0.717) is 18.4 Å². The molecule has 1 aromatic heterocycles. The van der Waals surface area contributed by atoms with Gasteiger partial charge in [0.15, 0.2) is 5.76 Å². The molecule has 2 N–H and O–H groups in total. The zero-order valence-electron chi connectivity index (χ0n) is 13.3. The number of aliphatic carboxylic acids is 1. The lowest BCUT2D eigenvalue weighted by Crippen LogP contribution is -2.52. The maximum atomic E-state index is 12.3.